The van der Waals surface area contributed by atoms with Crippen LogP contribution in [0.15, 0.2) is 102 Å². The van der Waals surface area contributed by atoms with Crippen LogP contribution in [0.1, 0.15) is 155 Å². The fourth-order valence-electron chi connectivity index (χ4n) is 7.06. The SMILES string of the molecule is CC/C=C\CC(O)/C=C/C=C/C/C=C\C/C=C\C/C=C\CCC(=O)O[C@H](COC(=O)CCCCCCCCC/C=C\CCCCCC)COP(=O)(O)OP(=O)(O)OC[C@H]1O[C@@H](n2ccc(N)nc2=O)[C@H](O)[C@@H]1O. The predicted octanol–water partition coefficient (Wildman–Crippen LogP) is 9.64. The Balaban J connectivity index is 1.85. The maximum Gasteiger partial charge on any atom is 0.481 e. The van der Waals surface area contributed by atoms with Crippen LogP contribution in [0.5, 0.6) is 0 Å². The maximum absolute atomic E-state index is 12.9. The summed E-state index contributed by atoms with van der Waals surface area (Å²) in [5.41, 5.74) is 4.58. The van der Waals surface area contributed by atoms with Crippen molar-refractivity contribution in [2.24, 2.45) is 0 Å². The van der Waals surface area contributed by atoms with Crippen molar-refractivity contribution < 1.29 is 71.4 Å². The first-order valence-corrected chi connectivity index (χ1v) is 28.7. The average Bonchev–Trinajstić information content (AvgIpc) is 3.62. The number of nitrogens with zero attached hydrogens (tertiary/aromatic N) is 2. The Hall–Kier alpha value is -4.10. The molecule has 1 aliphatic heterocycles. The number of aliphatic hydroxyl groups excluding tert-OH is 3. The number of rotatable bonds is 41. The van der Waals surface area contributed by atoms with Gasteiger partial charge < -0.3 is 45.1 Å². The number of allylic oxidation sites excluding steroid dienone is 12. The molecule has 7 N–H and O–H groups in total. The fourth-order valence-corrected chi connectivity index (χ4v) is 9.17. The van der Waals surface area contributed by atoms with Crippen molar-refractivity contribution >= 4 is 33.4 Å². The van der Waals surface area contributed by atoms with Crippen molar-refractivity contribution in [3.8, 4) is 0 Å². The zero-order valence-corrected chi connectivity index (χ0v) is 44.6. The highest BCUT2D eigenvalue weighted by atomic mass is 31.3. The summed E-state index contributed by atoms with van der Waals surface area (Å²) >= 11 is 0. The molecule has 19 nitrogen and oxygen atoms in total. The number of esters is 2. The lowest BCUT2D eigenvalue weighted by molar-refractivity contribution is -0.161. The van der Waals surface area contributed by atoms with Gasteiger partial charge in [0.05, 0.1) is 19.3 Å². The molecular weight excluding hydrogens is 985 g/mol. The standard InChI is InChI=1S/C52H83N3O16P2/c1-3-5-7-8-9-10-11-12-13-16-19-22-25-28-32-36-47(57)66-40-44(69-48(58)37-33-29-26-23-20-17-14-15-18-21-24-27-31-35-43(56)34-30-6-4-2)41-67-72(62,63)71-73(64,65)68-42-45-49(59)50(60)51(70-45)55-39-38-46(53)54-52(55)61/h6,10-11,15,17-18,20,24,26-27,29-31,35,38-39,43-45,49-51,56,59-60H,3-5,7-9,12-14,16,19,21-23,25,28,32-34,36-37,40-42H2,1-2H3,(H,62,63)(H,64,65)(H2,53,54,61)/b11-10-,18-15-,20-17-,27-24+,29-26-,30-6-,35-31+/t43?,44-,45-,49-,50-,51-/m1/s1. The summed E-state index contributed by atoms with van der Waals surface area (Å²) in [7, 11) is -10.9. The Labute approximate surface area is 431 Å². The van der Waals surface area contributed by atoms with Crippen molar-refractivity contribution in [1.29, 1.82) is 0 Å². The average molecular weight is 1070 g/mol. The van der Waals surface area contributed by atoms with Gasteiger partial charge in [0.1, 0.15) is 30.7 Å². The number of anilines is 1. The summed E-state index contributed by atoms with van der Waals surface area (Å²) in [4.78, 5) is 61.9. The summed E-state index contributed by atoms with van der Waals surface area (Å²) < 4.78 is 56.7. The van der Waals surface area contributed by atoms with E-state index in [1.807, 2.05) is 67.7 Å². The van der Waals surface area contributed by atoms with Crippen LogP contribution >= 0.6 is 15.6 Å². The van der Waals surface area contributed by atoms with Gasteiger partial charge >= 0.3 is 33.3 Å². The molecular formula is C52H83N3O16P2. The van der Waals surface area contributed by atoms with Crippen LogP contribution in [-0.2, 0) is 46.3 Å². The highest BCUT2D eigenvalue weighted by Gasteiger charge is 2.46. The van der Waals surface area contributed by atoms with Gasteiger partial charge in [0.25, 0.3) is 0 Å². The molecule has 0 spiro atoms. The van der Waals surface area contributed by atoms with E-state index in [9.17, 15) is 48.6 Å². The largest absolute Gasteiger partial charge is 0.481 e. The molecule has 0 radical (unpaired) electrons. The zero-order valence-electron chi connectivity index (χ0n) is 42.8. The third-order valence-electron chi connectivity index (χ3n) is 11.1. The number of nitrogen functional groups attached to an aromatic ring is 1. The molecule has 2 heterocycles. The van der Waals surface area contributed by atoms with Crippen molar-refractivity contribution in [2.75, 3.05) is 25.6 Å². The van der Waals surface area contributed by atoms with Gasteiger partial charge in [-0.2, -0.15) is 9.29 Å². The van der Waals surface area contributed by atoms with Crippen LogP contribution in [0, 0.1) is 0 Å². The van der Waals surface area contributed by atoms with E-state index in [2.05, 4.69) is 28.4 Å². The number of carbonyl (C=O) groups is 2. The Kier molecular flexibility index (Phi) is 35.0. The topological polar surface area (TPSA) is 286 Å². The second kappa shape index (κ2) is 39.3. The molecule has 0 amide bonds. The van der Waals surface area contributed by atoms with E-state index in [-0.39, 0.29) is 18.7 Å². The number of hydrogen-bond acceptors (Lipinski definition) is 16. The van der Waals surface area contributed by atoms with Crippen LogP contribution in [-0.4, -0.2) is 96.9 Å². The fraction of sp³-hybridized carbons (Fsp3) is 0.615. The van der Waals surface area contributed by atoms with E-state index >= 15 is 0 Å². The van der Waals surface area contributed by atoms with Crippen molar-refractivity contribution in [3.63, 3.8) is 0 Å². The van der Waals surface area contributed by atoms with E-state index in [1.165, 1.54) is 31.7 Å². The Morgan fingerprint density at radius 3 is 2.00 bits per heavy atom. The quantitative estimate of drug-likeness (QED) is 0.0117. The second-order valence-corrected chi connectivity index (χ2v) is 20.5. The van der Waals surface area contributed by atoms with Gasteiger partial charge in [0.2, 0.25) is 0 Å². The highest BCUT2D eigenvalue weighted by Crippen LogP contribution is 2.60. The number of phosphoric acid groups is 2. The molecule has 1 aliphatic rings. The summed E-state index contributed by atoms with van der Waals surface area (Å²) in [6, 6.07) is 1.24. The number of hydrogen-bond donors (Lipinski definition) is 6. The third-order valence-corrected chi connectivity index (χ3v) is 13.7. The lowest BCUT2D eigenvalue weighted by Gasteiger charge is -2.21. The molecule has 1 saturated heterocycles. The molecule has 73 heavy (non-hydrogen) atoms. The summed E-state index contributed by atoms with van der Waals surface area (Å²) in [5, 5.41) is 30.8. The van der Waals surface area contributed by atoms with Gasteiger partial charge in [-0.05, 0) is 76.7 Å². The molecule has 8 atom stereocenters. The van der Waals surface area contributed by atoms with Crippen molar-refractivity contribution in [1.82, 2.24) is 9.55 Å². The van der Waals surface area contributed by atoms with Crippen LogP contribution in [0.2, 0.25) is 0 Å². The molecule has 412 valence electrons. The number of unbranched alkanes of at least 4 members (excludes halogenated alkanes) is 11. The van der Waals surface area contributed by atoms with Gasteiger partial charge in [0.15, 0.2) is 12.3 Å². The molecule has 0 aromatic carbocycles. The summed E-state index contributed by atoms with van der Waals surface area (Å²) in [6.07, 6.45) is 38.6. The van der Waals surface area contributed by atoms with Crippen LogP contribution in [0.4, 0.5) is 5.82 Å². The zero-order chi connectivity index (χ0) is 53.6. The first-order valence-electron chi connectivity index (χ1n) is 25.7. The van der Waals surface area contributed by atoms with Crippen LogP contribution < -0.4 is 11.4 Å². The molecule has 21 heteroatoms. The van der Waals surface area contributed by atoms with Gasteiger partial charge in [-0.25, -0.2) is 13.9 Å². The molecule has 1 aromatic heterocycles. The Morgan fingerprint density at radius 1 is 0.740 bits per heavy atom. The minimum absolute atomic E-state index is 0.0942. The smallest absolute Gasteiger partial charge is 0.462 e. The number of carbonyl (C=O) groups excluding carboxylic acids is 2. The number of aromatic nitrogens is 2. The molecule has 0 saturated carbocycles. The van der Waals surface area contributed by atoms with E-state index in [0.717, 1.165) is 81.4 Å². The number of ether oxygens (including phenoxy) is 3. The lowest BCUT2D eigenvalue weighted by atomic mass is 10.1. The van der Waals surface area contributed by atoms with Crippen molar-refractivity contribution in [3.05, 3.63) is 108 Å². The minimum atomic E-state index is -5.45. The molecule has 1 aromatic rings. The van der Waals surface area contributed by atoms with Gasteiger partial charge in [-0.15, -0.1) is 0 Å². The third kappa shape index (κ3) is 32.1. The number of aliphatic hydroxyl groups is 3. The summed E-state index contributed by atoms with van der Waals surface area (Å²) in [6.45, 7) is 1.85. The van der Waals surface area contributed by atoms with E-state index in [1.54, 1.807) is 12.2 Å². The monoisotopic (exact) mass is 1070 g/mol. The lowest BCUT2D eigenvalue weighted by Crippen LogP contribution is -2.36. The van der Waals surface area contributed by atoms with E-state index < -0.39 is 89.8 Å². The van der Waals surface area contributed by atoms with Gasteiger partial charge in [-0.3, -0.25) is 23.2 Å². The Bertz CT molecular complexity index is 2070. The molecule has 1 fully saturated rings. The normalized spacial score (nSPS) is 20.1. The van der Waals surface area contributed by atoms with E-state index in [0.29, 0.717) is 25.7 Å². The molecule has 2 rings (SSSR count). The van der Waals surface area contributed by atoms with Crippen molar-refractivity contribution in [2.45, 2.75) is 185 Å². The Morgan fingerprint density at radius 2 is 1.34 bits per heavy atom. The number of nitrogens with two attached hydrogens (primary N) is 1. The first-order chi connectivity index (χ1) is 35.1. The van der Waals surface area contributed by atoms with Gasteiger partial charge in [-0.1, -0.05) is 150 Å². The molecule has 3 unspecified atom stereocenters. The van der Waals surface area contributed by atoms with E-state index in [4.69, 9.17) is 29.0 Å². The van der Waals surface area contributed by atoms with Crippen LogP contribution in [0.3, 0.4) is 0 Å². The molecule has 0 aliphatic carbocycles. The first kappa shape index (κ1) is 65.0. The minimum Gasteiger partial charge on any atom is -0.462 e. The summed E-state index contributed by atoms with van der Waals surface area (Å²) in [5.74, 6) is -1.43. The van der Waals surface area contributed by atoms with Gasteiger partial charge in [0, 0.05) is 19.0 Å². The maximum atomic E-state index is 12.9. The van der Waals surface area contributed by atoms with Crippen LogP contribution in [0.25, 0.3) is 0 Å². The molecule has 0 bridgehead atoms. The number of phosphoric ester groups is 2. The highest BCUT2D eigenvalue weighted by molar-refractivity contribution is 7.61. The second-order valence-electron chi connectivity index (χ2n) is 17.5. The predicted molar refractivity (Wildman–Crippen MR) is 281 cm³/mol.